The maximum atomic E-state index is 12.3. The highest BCUT2D eigenvalue weighted by Gasteiger charge is 2.22. The number of ether oxygens (including phenoxy) is 2. The van der Waals surface area contributed by atoms with Crippen molar-refractivity contribution >= 4 is 13.1 Å². The van der Waals surface area contributed by atoms with Crippen LogP contribution < -0.4 is 9.64 Å². The third kappa shape index (κ3) is 11.1. The van der Waals surface area contributed by atoms with Gasteiger partial charge in [-0.05, 0) is 81.4 Å². The van der Waals surface area contributed by atoms with Crippen LogP contribution in [0.3, 0.4) is 0 Å². The van der Waals surface area contributed by atoms with Gasteiger partial charge < -0.3 is 18.9 Å². The van der Waals surface area contributed by atoms with E-state index in [1.54, 1.807) is 13.8 Å². The minimum absolute atomic E-state index is 0.366. The summed E-state index contributed by atoms with van der Waals surface area (Å²) in [6.07, 6.45) is 8.90. The average molecular weight is 520 g/mol. The Labute approximate surface area is 220 Å². The molecule has 0 radical (unpaired) electrons. The maximum Gasteiger partial charge on any atom is 0.200 e. The molecule has 1 aliphatic heterocycles. The van der Waals surface area contributed by atoms with Gasteiger partial charge in [0.25, 0.3) is 0 Å². The first kappa shape index (κ1) is 30.5. The van der Waals surface area contributed by atoms with Gasteiger partial charge in [0, 0.05) is 37.7 Å². The standard InChI is InChI=1S/C30H50NO4P/c1-9-35-36(8,32)20-16-24(2)21-25(3)34-23-26-14-18-31(19-15-26)29-22-28(33-7)13-12-27(29)11-10-17-30(4,5)6/h12-13,21-22,26H,2,9-11,14-20,23H2,1,3-8H3/b25-21+. The van der Waals surface area contributed by atoms with Gasteiger partial charge in [0.1, 0.15) is 5.75 Å². The molecule has 1 saturated heterocycles. The number of anilines is 1. The second kappa shape index (κ2) is 14.3. The molecule has 0 amide bonds. The predicted octanol–water partition coefficient (Wildman–Crippen LogP) is 8.09. The Morgan fingerprint density at radius 3 is 2.56 bits per heavy atom. The van der Waals surface area contributed by atoms with Crippen LogP contribution >= 0.6 is 7.37 Å². The molecule has 0 N–H and O–H groups in total. The Morgan fingerprint density at radius 2 is 1.94 bits per heavy atom. The molecule has 1 aromatic carbocycles. The quantitative estimate of drug-likeness (QED) is 0.141. The Balaban J connectivity index is 1.86. The van der Waals surface area contributed by atoms with Gasteiger partial charge in [0.15, 0.2) is 0 Å². The summed E-state index contributed by atoms with van der Waals surface area (Å²) in [5, 5.41) is 0. The minimum Gasteiger partial charge on any atom is -0.498 e. The average Bonchev–Trinajstić information content (AvgIpc) is 2.81. The smallest absolute Gasteiger partial charge is 0.200 e. The molecule has 1 atom stereocenters. The summed E-state index contributed by atoms with van der Waals surface area (Å²) in [6, 6.07) is 6.55. The highest BCUT2D eigenvalue weighted by Crippen LogP contribution is 2.43. The van der Waals surface area contributed by atoms with E-state index in [4.69, 9.17) is 14.0 Å². The molecule has 1 unspecified atom stereocenters. The summed E-state index contributed by atoms with van der Waals surface area (Å²) in [6.45, 7) is 19.9. The molecule has 0 aromatic heterocycles. The van der Waals surface area contributed by atoms with Crippen LogP contribution in [-0.4, -0.2) is 46.2 Å². The number of nitrogens with zero attached hydrogens (tertiary/aromatic N) is 1. The van der Waals surface area contributed by atoms with Crippen LogP contribution in [0.1, 0.15) is 72.3 Å². The van der Waals surface area contributed by atoms with Gasteiger partial charge in [0.2, 0.25) is 7.37 Å². The third-order valence-corrected chi connectivity index (χ3v) is 8.66. The van der Waals surface area contributed by atoms with Crippen molar-refractivity contribution in [3.8, 4) is 5.75 Å². The Bertz CT molecular complexity index is 910. The Morgan fingerprint density at radius 1 is 1.25 bits per heavy atom. The van der Waals surface area contributed by atoms with E-state index in [2.05, 4.69) is 50.4 Å². The second-order valence-electron chi connectivity index (χ2n) is 11.5. The highest BCUT2D eigenvalue weighted by atomic mass is 31.2. The molecule has 2 rings (SSSR count). The predicted molar refractivity (Wildman–Crippen MR) is 154 cm³/mol. The first-order valence-electron chi connectivity index (χ1n) is 13.5. The van der Waals surface area contributed by atoms with Crippen molar-refractivity contribution in [3.05, 3.63) is 47.7 Å². The van der Waals surface area contributed by atoms with E-state index in [0.29, 0.717) is 30.5 Å². The maximum absolute atomic E-state index is 12.3. The van der Waals surface area contributed by atoms with Crippen molar-refractivity contribution in [2.75, 3.05) is 51.1 Å². The van der Waals surface area contributed by atoms with E-state index in [0.717, 1.165) is 56.0 Å². The molecule has 1 aromatic rings. The third-order valence-electron chi connectivity index (χ3n) is 6.82. The van der Waals surface area contributed by atoms with Gasteiger partial charge in [-0.2, -0.15) is 0 Å². The number of hydrogen-bond acceptors (Lipinski definition) is 5. The van der Waals surface area contributed by atoms with Gasteiger partial charge in [-0.25, -0.2) is 0 Å². The zero-order valence-electron chi connectivity index (χ0n) is 23.9. The molecule has 0 aliphatic carbocycles. The number of benzene rings is 1. The van der Waals surface area contributed by atoms with E-state index >= 15 is 0 Å². The second-order valence-corrected chi connectivity index (χ2v) is 14.2. The zero-order chi connectivity index (χ0) is 26.8. The number of rotatable bonds is 14. The highest BCUT2D eigenvalue weighted by molar-refractivity contribution is 7.58. The van der Waals surface area contributed by atoms with E-state index in [-0.39, 0.29) is 0 Å². The summed E-state index contributed by atoms with van der Waals surface area (Å²) in [4.78, 5) is 2.53. The number of aryl methyl sites for hydroxylation is 1. The number of hydrogen-bond donors (Lipinski definition) is 0. The van der Waals surface area contributed by atoms with Crippen molar-refractivity contribution in [3.63, 3.8) is 0 Å². The molecule has 1 aliphatic rings. The lowest BCUT2D eigenvalue weighted by Crippen LogP contribution is -2.35. The summed E-state index contributed by atoms with van der Waals surface area (Å²) in [5.74, 6) is 2.34. The first-order chi connectivity index (χ1) is 16.9. The van der Waals surface area contributed by atoms with Crippen LogP contribution in [0.15, 0.2) is 42.2 Å². The van der Waals surface area contributed by atoms with Crippen molar-refractivity contribution in [2.24, 2.45) is 11.3 Å². The van der Waals surface area contributed by atoms with E-state index in [1.165, 1.54) is 24.1 Å². The minimum atomic E-state index is -2.53. The van der Waals surface area contributed by atoms with Crippen molar-refractivity contribution in [1.82, 2.24) is 0 Å². The van der Waals surface area contributed by atoms with Crippen LogP contribution in [-0.2, 0) is 20.2 Å². The van der Waals surface area contributed by atoms with Crippen LogP contribution in [0.25, 0.3) is 0 Å². The molecular formula is C30H50NO4P. The van der Waals surface area contributed by atoms with Gasteiger partial charge in [-0.15, -0.1) is 0 Å². The Hall–Kier alpha value is -1.71. The first-order valence-corrected chi connectivity index (χ1v) is 15.8. The molecule has 1 heterocycles. The molecule has 0 saturated carbocycles. The molecular weight excluding hydrogens is 469 g/mol. The summed E-state index contributed by atoms with van der Waals surface area (Å²) < 4.78 is 29.3. The lowest BCUT2D eigenvalue weighted by Gasteiger charge is -2.35. The SMILES string of the molecule is C=C(/C=C(\C)OCC1CCN(c2cc(OC)ccc2CCCC(C)(C)C)CC1)CCP(C)(=O)OCC. The van der Waals surface area contributed by atoms with Crippen molar-refractivity contribution in [2.45, 2.75) is 73.1 Å². The number of methoxy groups -OCH3 is 1. The van der Waals surface area contributed by atoms with Crippen LogP contribution in [0, 0.1) is 11.3 Å². The van der Waals surface area contributed by atoms with Crippen LogP contribution in [0.5, 0.6) is 5.75 Å². The zero-order valence-corrected chi connectivity index (χ0v) is 24.8. The fourth-order valence-electron chi connectivity index (χ4n) is 4.66. The van der Waals surface area contributed by atoms with E-state index in [1.807, 2.05) is 19.9 Å². The van der Waals surface area contributed by atoms with E-state index in [9.17, 15) is 4.57 Å². The molecule has 5 nitrogen and oxygen atoms in total. The fourth-order valence-corrected chi connectivity index (χ4v) is 6.03. The number of piperidine rings is 1. The number of allylic oxidation sites excluding steroid dienone is 3. The van der Waals surface area contributed by atoms with Crippen LogP contribution in [0.4, 0.5) is 5.69 Å². The van der Waals surface area contributed by atoms with E-state index < -0.39 is 7.37 Å². The summed E-state index contributed by atoms with van der Waals surface area (Å²) in [5.41, 5.74) is 4.05. The van der Waals surface area contributed by atoms with Crippen molar-refractivity contribution < 1.29 is 18.6 Å². The van der Waals surface area contributed by atoms with Gasteiger partial charge in [-0.1, -0.05) is 39.0 Å². The molecule has 36 heavy (non-hydrogen) atoms. The van der Waals surface area contributed by atoms with Crippen molar-refractivity contribution in [1.29, 1.82) is 0 Å². The summed E-state index contributed by atoms with van der Waals surface area (Å²) in [7, 11) is -0.783. The monoisotopic (exact) mass is 519 g/mol. The largest absolute Gasteiger partial charge is 0.498 e. The fraction of sp³-hybridized carbons (Fsp3) is 0.667. The van der Waals surface area contributed by atoms with Crippen LogP contribution in [0.2, 0.25) is 0 Å². The van der Waals surface area contributed by atoms with Gasteiger partial charge >= 0.3 is 0 Å². The lowest BCUT2D eigenvalue weighted by atomic mass is 9.88. The Kier molecular flexibility index (Phi) is 12.1. The molecule has 6 heteroatoms. The van der Waals surface area contributed by atoms with Gasteiger partial charge in [0.05, 0.1) is 26.1 Å². The molecule has 0 spiro atoms. The molecule has 1 fully saturated rings. The van der Waals surface area contributed by atoms with Gasteiger partial charge in [-0.3, -0.25) is 4.57 Å². The lowest BCUT2D eigenvalue weighted by molar-refractivity contribution is 0.151. The normalized spacial score (nSPS) is 17.1. The molecule has 204 valence electrons. The topological polar surface area (TPSA) is 48.0 Å². The summed E-state index contributed by atoms with van der Waals surface area (Å²) >= 11 is 0. The molecule has 0 bridgehead atoms.